The van der Waals surface area contributed by atoms with Crippen molar-refractivity contribution in [3.8, 4) is 0 Å². The van der Waals surface area contributed by atoms with Crippen LogP contribution < -0.4 is 10.6 Å². The highest BCUT2D eigenvalue weighted by Crippen LogP contribution is 2.59. The van der Waals surface area contributed by atoms with Crippen LogP contribution in [-0.4, -0.2) is 79.2 Å². The number of dihydropyridines is 1. The molecule has 0 bridgehead atoms. The van der Waals surface area contributed by atoms with E-state index in [1.165, 1.54) is 0 Å². The maximum atomic E-state index is 12.6. The number of ether oxygens (including phenoxy) is 1. The molecule has 3 fully saturated rings. The molecule has 1 saturated carbocycles. The minimum atomic E-state index is -0.0248. The molecule has 4 heterocycles. The minimum absolute atomic E-state index is 0.0248. The highest BCUT2D eigenvalue weighted by molar-refractivity contribution is 5.78. The largest absolute Gasteiger partial charge is 0.378 e. The highest BCUT2D eigenvalue weighted by Gasteiger charge is 2.55. The molecule has 5 aliphatic rings. The fraction of sp³-hybridized carbons (Fsp3) is 0.619. The zero-order chi connectivity index (χ0) is 19.8. The molecule has 0 aromatic rings. The molecule has 2 N–H and O–H groups in total. The zero-order valence-electron chi connectivity index (χ0n) is 16.7. The molecular formula is C21H29N5O3. The maximum Gasteiger partial charge on any atom is 0.321 e. The summed E-state index contributed by atoms with van der Waals surface area (Å²) in [6, 6.07) is 0.137. The van der Waals surface area contributed by atoms with Crippen LogP contribution in [-0.2, 0) is 4.74 Å². The summed E-state index contributed by atoms with van der Waals surface area (Å²) >= 11 is 0. The zero-order valence-corrected chi connectivity index (χ0v) is 16.7. The Bertz CT molecular complexity index is 775. The van der Waals surface area contributed by atoms with Gasteiger partial charge in [0.2, 0.25) is 0 Å². The number of hydrogen-bond acceptors (Lipinski definition) is 4. The second-order valence-corrected chi connectivity index (χ2v) is 8.70. The van der Waals surface area contributed by atoms with Crippen molar-refractivity contribution in [3.63, 3.8) is 0 Å². The molecule has 4 aliphatic heterocycles. The molecule has 4 amide bonds. The number of carbonyl (C=O) groups is 2. The van der Waals surface area contributed by atoms with Crippen molar-refractivity contribution >= 4 is 12.1 Å². The molecule has 29 heavy (non-hydrogen) atoms. The van der Waals surface area contributed by atoms with Gasteiger partial charge >= 0.3 is 12.1 Å². The Balaban J connectivity index is 1.07. The van der Waals surface area contributed by atoms with Crippen LogP contribution in [0.4, 0.5) is 9.59 Å². The van der Waals surface area contributed by atoms with E-state index in [1.807, 2.05) is 34.5 Å². The number of likely N-dealkylation sites (tertiary alicyclic amines) is 1. The van der Waals surface area contributed by atoms with Gasteiger partial charge in [-0.3, -0.25) is 4.90 Å². The number of rotatable bonds is 2. The van der Waals surface area contributed by atoms with Gasteiger partial charge < -0.3 is 25.2 Å². The van der Waals surface area contributed by atoms with E-state index in [-0.39, 0.29) is 12.1 Å². The average Bonchev–Trinajstić information content (AvgIpc) is 3.24. The number of amides is 4. The Labute approximate surface area is 171 Å². The number of morpholine rings is 1. The van der Waals surface area contributed by atoms with Crippen LogP contribution in [0, 0.1) is 11.3 Å². The van der Waals surface area contributed by atoms with Gasteiger partial charge in [0, 0.05) is 51.3 Å². The summed E-state index contributed by atoms with van der Waals surface area (Å²) in [4.78, 5) is 30.8. The number of piperidine rings is 1. The SMILES string of the molecule is O=C(NCC1CC12CCN(C(=O)N1CCOCC1)CC2)N1C=C2C=CNC=C2C1. The molecule has 0 aromatic heterocycles. The van der Waals surface area contributed by atoms with Crippen molar-refractivity contribution in [2.75, 3.05) is 52.5 Å². The van der Waals surface area contributed by atoms with Gasteiger partial charge in [0.1, 0.15) is 0 Å². The average molecular weight is 399 g/mol. The van der Waals surface area contributed by atoms with Crippen LogP contribution in [0.15, 0.2) is 35.8 Å². The molecule has 1 atom stereocenters. The predicted octanol–water partition coefficient (Wildman–Crippen LogP) is 1.45. The first-order valence-electron chi connectivity index (χ1n) is 10.6. The monoisotopic (exact) mass is 399 g/mol. The van der Waals surface area contributed by atoms with Gasteiger partial charge in [-0.05, 0) is 47.8 Å². The van der Waals surface area contributed by atoms with Crippen LogP contribution >= 0.6 is 0 Å². The number of nitrogens with zero attached hydrogens (tertiary/aromatic N) is 3. The molecule has 156 valence electrons. The fourth-order valence-corrected chi connectivity index (χ4v) is 5.01. The summed E-state index contributed by atoms with van der Waals surface area (Å²) in [5.41, 5.74) is 2.56. The molecule has 0 aromatic carbocycles. The van der Waals surface area contributed by atoms with E-state index in [0.29, 0.717) is 44.2 Å². The van der Waals surface area contributed by atoms with Crippen LogP contribution in [0.1, 0.15) is 19.3 Å². The van der Waals surface area contributed by atoms with E-state index in [0.717, 1.165) is 50.0 Å². The quantitative estimate of drug-likeness (QED) is 0.737. The highest BCUT2D eigenvalue weighted by atomic mass is 16.5. The van der Waals surface area contributed by atoms with E-state index in [4.69, 9.17) is 4.74 Å². The van der Waals surface area contributed by atoms with Crippen molar-refractivity contribution < 1.29 is 14.3 Å². The van der Waals surface area contributed by atoms with Gasteiger partial charge in [0.05, 0.1) is 19.8 Å². The molecule has 5 rings (SSSR count). The lowest BCUT2D eigenvalue weighted by atomic mass is 9.91. The van der Waals surface area contributed by atoms with Gasteiger partial charge in [-0.1, -0.05) is 0 Å². The van der Waals surface area contributed by atoms with Crippen molar-refractivity contribution in [1.82, 2.24) is 25.3 Å². The Hall–Kier alpha value is -2.48. The number of urea groups is 2. The van der Waals surface area contributed by atoms with Gasteiger partial charge in [-0.25, -0.2) is 9.59 Å². The molecule has 1 aliphatic carbocycles. The van der Waals surface area contributed by atoms with Gasteiger partial charge in [-0.2, -0.15) is 0 Å². The Morgan fingerprint density at radius 3 is 2.69 bits per heavy atom. The van der Waals surface area contributed by atoms with E-state index >= 15 is 0 Å². The summed E-state index contributed by atoms with van der Waals surface area (Å²) in [5.74, 6) is 0.533. The van der Waals surface area contributed by atoms with Crippen molar-refractivity contribution in [2.45, 2.75) is 19.3 Å². The number of fused-ring (bicyclic) bond motifs is 1. The van der Waals surface area contributed by atoms with E-state index < -0.39 is 0 Å². The lowest BCUT2D eigenvalue weighted by Gasteiger charge is -2.37. The summed E-state index contributed by atoms with van der Waals surface area (Å²) in [7, 11) is 0. The van der Waals surface area contributed by atoms with Gasteiger partial charge in [-0.15, -0.1) is 0 Å². The van der Waals surface area contributed by atoms with Crippen LogP contribution in [0.25, 0.3) is 0 Å². The Morgan fingerprint density at radius 1 is 1.17 bits per heavy atom. The molecule has 2 saturated heterocycles. The van der Waals surface area contributed by atoms with Gasteiger partial charge in [0.25, 0.3) is 0 Å². The number of hydrogen-bond donors (Lipinski definition) is 2. The summed E-state index contributed by atoms with van der Waals surface area (Å²) in [6.07, 6.45) is 11.0. The Morgan fingerprint density at radius 2 is 1.93 bits per heavy atom. The third kappa shape index (κ3) is 3.61. The molecule has 8 heteroatoms. The molecule has 8 nitrogen and oxygen atoms in total. The van der Waals surface area contributed by atoms with E-state index in [9.17, 15) is 9.59 Å². The normalized spacial score (nSPS) is 27.2. The summed E-state index contributed by atoms with van der Waals surface area (Å²) in [5, 5.41) is 6.19. The van der Waals surface area contributed by atoms with E-state index in [1.54, 1.807) is 4.90 Å². The fourth-order valence-electron chi connectivity index (χ4n) is 5.01. The van der Waals surface area contributed by atoms with Crippen LogP contribution in [0.3, 0.4) is 0 Å². The van der Waals surface area contributed by atoms with E-state index in [2.05, 4.69) is 10.6 Å². The lowest BCUT2D eigenvalue weighted by molar-refractivity contribution is 0.0390. The molecule has 1 spiro atoms. The first-order chi connectivity index (χ1) is 14.1. The summed E-state index contributed by atoms with van der Waals surface area (Å²) < 4.78 is 5.34. The van der Waals surface area contributed by atoms with Crippen molar-refractivity contribution in [3.05, 3.63) is 35.8 Å². The van der Waals surface area contributed by atoms with Crippen molar-refractivity contribution in [1.29, 1.82) is 0 Å². The first kappa shape index (κ1) is 18.5. The third-order valence-corrected chi connectivity index (χ3v) is 7.05. The minimum Gasteiger partial charge on any atom is -0.378 e. The standard InChI is InChI=1S/C21H29N5O3/c27-19(26-14-16-1-4-22-12-17(16)15-26)23-13-18-11-21(18)2-5-24(6-3-21)20(28)25-7-9-29-10-8-25/h1,4,12,14,18,22H,2-3,5-11,13,15H2,(H,23,27). The number of nitrogens with one attached hydrogen (secondary N) is 2. The van der Waals surface area contributed by atoms with Crippen LogP contribution in [0.2, 0.25) is 0 Å². The number of carbonyl (C=O) groups excluding carboxylic acids is 2. The van der Waals surface area contributed by atoms with Crippen molar-refractivity contribution in [2.24, 2.45) is 11.3 Å². The molecule has 0 radical (unpaired) electrons. The first-order valence-corrected chi connectivity index (χ1v) is 10.6. The summed E-state index contributed by atoms with van der Waals surface area (Å²) in [6.45, 7) is 5.68. The second-order valence-electron chi connectivity index (χ2n) is 8.70. The predicted molar refractivity (Wildman–Crippen MR) is 108 cm³/mol. The van der Waals surface area contributed by atoms with Gasteiger partial charge in [0.15, 0.2) is 0 Å². The topological polar surface area (TPSA) is 77.2 Å². The number of allylic oxidation sites excluding steroid dienone is 1. The lowest BCUT2D eigenvalue weighted by Crippen LogP contribution is -2.50. The molecular weight excluding hydrogens is 370 g/mol. The maximum absolute atomic E-state index is 12.6. The Kier molecular flexibility index (Phi) is 4.73. The second kappa shape index (κ2) is 7.40. The smallest absolute Gasteiger partial charge is 0.321 e. The molecule has 1 unspecified atom stereocenters. The third-order valence-electron chi connectivity index (χ3n) is 7.05. The van der Waals surface area contributed by atoms with Crippen LogP contribution in [0.5, 0.6) is 0 Å².